The molecule has 0 aliphatic heterocycles. The van der Waals surface area contributed by atoms with Gasteiger partial charge in [0.1, 0.15) is 11.5 Å². The minimum absolute atomic E-state index is 0.0443. The van der Waals surface area contributed by atoms with Gasteiger partial charge in [0.25, 0.3) is 5.56 Å². The quantitative estimate of drug-likeness (QED) is 0.851. The van der Waals surface area contributed by atoms with Gasteiger partial charge in [-0.05, 0) is 28.1 Å². The first-order valence-corrected chi connectivity index (χ1v) is 6.01. The number of H-pyrrole nitrogens is 1. The fourth-order valence-corrected chi connectivity index (χ4v) is 2.02. The van der Waals surface area contributed by atoms with E-state index in [2.05, 4.69) is 20.9 Å². The fourth-order valence-electron chi connectivity index (χ4n) is 1.41. The lowest BCUT2D eigenvalue weighted by Crippen LogP contribution is -2.03. The van der Waals surface area contributed by atoms with Gasteiger partial charge < -0.3 is 14.8 Å². The molecular formula is C12H14BrNO3. The number of benzene rings is 1. The fraction of sp³-hybridized carbons (Fsp3) is 0.250. The van der Waals surface area contributed by atoms with Crippen molar-refractivity contribution in [1.82, 2.24) is 4.98 Å². The Morgan fingerprint density at radius 2 is 2.00 bits per heavy atom. The van der Waals surface area contributed by atoms with Crippen LogP contribution in [-0.4, -0.2) is 17.2 Å². The van der Waals surface area contributed by atoms with Crippen LogP contribution in [0.25, 0.3) is 10.9 Å². The molecule has 0 aliphatic carbocycles. The van der Waals surface area contributed by atoms with E-state index in [1.54, 1.807) is 12.1 Å². The summed E-state index contributed by atoms with van der Waals surface area (Å²) >= 11 is 3.30. The molecule has 4 nitrogen and oxygen atoms in total. The van der Waals surface area contributed by atoms with Gasteiger partial charge >= 0.3 is 0 Å². The lowest BCUT2D eigenvalue weighted by Gasteiger charge is -2.07. The van der Waals surface area contributed by atoms with E-state index in [0.29, 0.717) is 21.1 Å². The van der Waals surface area contributed by atoms with Crippen LogP contribution < -0.4 is 10.3 Å². The lowest BCUT2D eigenvalue weighted by atomic mass is 10.2. The minimum atomic E-state index is -0.353. The monoisotopic (exact) mass is 299 g/mol. The second kappa shape index (κ2) is 5.72. The zero-order valence-electron chi connectivity index (χ0n) is 9.87. The Labute approximate surface area is 107 Å². The maximum Gasteiger partial charge on any atom is 0.252 e. The summed E-state index contributed by atoms with van der Waals surface area (Å²) in [5.41, 5.74) is 0.174. The van der Waals surface area contributed by atoms with Crippen LogP contribution in [0.15, 0.2) is 27.5 Å². The first-order valence-electron chi connectivity index (χ1n) is 5.22. The number of hydrogen-bond acceptors (Lipinski definition) is 3. The summed E-state index contributed by atoms with van der Waals surface area (Å²) in [6.07, 6.45) is 0. The average molecular weight is 300 g/mol. The van der Waals surface area contributed by atoms with Crippen molar-refractivity contribution >= 4 is 26.8 Å². The van der Waals surface area contributed by atoms with E-state index in [9.17, 15) is 9.90 Å². The molecule has 0 fully saturated rings. The molecule has 0 atom stereocenters. The van der Waals surface area contributed by atoms with E-state index in [4.69, 9.17) is 4.74 Å². The normalized spacial score (nSPS) is 9.65. The van der Waals surface area contributed by atoms with Gasteiger partial charge in [0.05, 0.1) is 17.1 Å². The molecule has 1 aromatic carbocycles. The first kappa shape index (κ1) is 13.6. The Morgan fingerprint density at radius 1 is 1.35 bits per heavy atom. The zero-order valence-corrected chi connectivity index (χ0v) is 11.5. The molecule has 2 rings (SSSR count). The maximum atomic E-state index is 11.2. The number of fused-ring (bicyclic) bond motifs is 1. The van der Waals surface area contributed by atoms with E-state index in [1.807, 2.05) is 13.8 Å². The third kappa shape index (κ3) is 2.61. The number of halogens is 1. The van der Waals surface area contributed by atoms with Crippen molar-refractivity contribution in [3.63, 3.8) is 0 Å². The number of aromatic nitrogens is 1. The number of ether oxygens (including phenoxy) is 1. The Kier molecular flexibility index (Phi) is 4.57. The van der Waals surface area contributed by atoms with Crippen molar-refractivity contribution in [3.05, 3.63) is 33.0 Å². The maximum absolute atomic E-state index is 11.2. The van der Waals surface area contributed by atoms with Gasteiger partial charge in [-0.25, -0.2) is 0 Å². The van der Waals surface area contributed by atoms with Gasteiger partial charge in [0, 0.05) is 11.5 Å². The zero-order chi connectivity index (χ0) is 13.0. The Morgan fingerprint density at radius 3 is 2.59 bits per heavy atom. The van der Waals surface area contributed by atoms with Crippen LogP contribution in [0.1, 0.15) is 13.8 Å². The average Bonchev–Trinajstić information content (AvgIpc) is 2.33. The largest absolute Gasteiger partial charge is 0.507 e. The van der Waals surface area contributed by atoms with Crippen LogP contribution in [-0.2, 0) is 0 Å². The molecular weight excluding hydrogens is 286 g/mol. The molecule has 0 unspecified atom stereocenters. The van der Waals surface area contributed by atoms with Gasteiger partial charge in [-0.1, -0.05) is 13.8 Å². The molecule has 1 heterocycles. The van der Waals surface area contributed by atoms with Crippen molar-refractivity contribution in [2.24, 2.45) is 0 Å². The van der Waals surface area contributed by atoms with Crippen molar-refractivity contribution < 1.29 is 9.84 Å². The van der Waals surface area contributed by atoms with Crippen molar-refractivity contribution in [3.8, 4) is 11.5 Å². The molecule has 5 heteroatoms. The molecule has 0 saturated heterocycles. The molecule has 0 saturated carbocycles. The van der Waals surface area contributed by atoms with Crippen molar-refractivity contribution in [2.45, 2.75) is 13.8 Å². The molecule has 92 valence electrons. The van der Waals surface area contributed by atoms with Gasteiger partial charge in [0.2, 0.25) is 0 Å². The first-order chi connectivity index (χ1) is 8.13. The van der Waals surface area contributed by atoms with E-state index in [-0.39, 0.29) is 11.3 Å². The van der Waals surface area contributed by atoms with Crippen LogP contribution >= 0.6 is 15.9 Å². The van der Waals surface area contributed by atoms with E-state index in [0.717, 1.165) is 6.07 Å². The Balaban J connectivity index is 0.000000686. The number of rotatable bonds is 1. The van der Waals surface area contributed by atoms with E-state index < -0.39 is 0 Å². The third-order valence-electron chi connectivity index (χ3n) is 2.12. The van der Waals surface area contributed by atoms with Crippen LogP contribution in [0.2, 0.25) is 0 Å². The second-order valence-electron chi connectivity index (χ2n) is 3.02. The summed E-state index contributed by atoms with van der Waals surface area (Å²) < 4.78 is 5.70. The summed E-state index contributed by atoms with van der Waals surface area (Å²) in [7, 11) is 1.53. The van der Waals surface area contributed by atoms with Gasteiger partial charge in [0.15, 0.2) is 0 Å². The molecule has 17 heavy (non-hydrogen) atoms. The summed E-state index contributed by atoms with van der Waals surface area (Å²) in [4.78, 5) is 13.8. The van der Waals surface area contributed by atoms with Gasteiger partial charge in [-0.15, -0.1) is 0 Å². The van der Waals surface area contributed by atoms with E-state index in [1.165, 1.54) is 7.11 Å². The Bertz CT molecular complexity index is 578. The molecule has 0 amide bonds. The number of aromatic hydroxyl groups is 1. The highest BCUT2D eigenvalue weighted by molar-refractivity contribution is 9.10. The highest BCUT2D eigenvalue weighted by Gasteiger charge is 2.09. The lowest BCUT2D eigenvalue weighted by molar-refractivity contribution is 0.412. The molecule has 0 radical (unpaired) electrons. The van der Waals surface area contributed by atoms with Crippen LogP contribution in [0, 0.1) is 0 Å². The number of methoxy groups -OCH3 is 1. The van der Waals surface area contributed by atoms with E-state index >= 15 is 0 Å². The van der Waals surface area contributed by atoms with Crippen LogP contribution in [0.3, 0.4) is 0 Å². The number of aromatic amines is 1. The minimum Gasteiger partial charge on any atom is -0.507 e. The Hall–Kier alpha value is -1.49. The second-order valence-corrected chi connectivity index (χ2v) is 3.82. The topological polar surface area (TPSA) is 62.3 Å². The highest BCUT2D eigenvalue weighted by atomic mass is 79.9. The summed E-state index contributed by atoms with van der Waals surface area (Å²) in [5.74, 6) is 0.556. The number of hydrogen-bond donors (Lipinski definition) is 2. The van der Waals surface area contributed by atoms with Crippen LogP contribution in [0.5, 0.6) is 11.5 Å². The number of nitrogens with one attached hydrogen (secondary N) is 1. The molecule has 2 N–H and O–H groups in total. The van der Waals surface area contributed by atoms with Crippen molar-refractivity contribution in [1.29, 1.82) is 0 Å². The number of pyridine rings is 1. The molecule has 2 aromatic rings. The molecule has 0 spiro atoms. The SMILES string of the molecule is CC.COc1ccc2c(O)cc(=O)[nH]c2c1Br. The van der Waals surface area contributed by atoms with Crippen LogP contribution in [0.4, 0.5) is 0 Å². The summed E-state index contributed by atoms with van der Waals surface area (Å²) in [6.45, 7) is 4.00. The summed E-state index contributed by atoms with van der Waals surface area (Å²) in [5, 5.41) is 10.1. The molecule has 1 aromatic heterocycles. The molecule has 0 aliphatic rings. The smallest absolute Gasteiger partial charge is 0.252 e. The molecule has 0 bridgehead atoms. The predicted molar refractivity (Wildman–Crippen MR) is 71.8 cm³/mol. The van der Waals surface area contributed by atoms with Gasteiger partial charge in [-0.3, -0.25) is 4.79 Å². The highest BCUT2D eigenvalue weighted by Crippen LogP contribution is 2.34. The third-order valence-corrected chi connectivity index (χ3v) is 2.91. The predicted octanol–water partition coefficient (Wildman–Crippen LogP) is 3.03. The summed E-state index contributed by atoms with van der Waals surface area (Å²) in [6, 6.07) is 4.54. The van der Waals surface area contributed by atoms with Crippen molar-refractivity contribution in [2.75, 3.05) is 7.11 Å². The van der Waals surface area contributed by atoms with Gasteiger partial charge in [-0.2, -0.15) is 0 Å². The standard InChI is InChI=1S/C10H8BrNO3.C2H6/c1-15-7-3-2-5-6(13)4-8(14)12-10(5)9(7)11;1-2/h2-4H,1H3,(H2,12,13,14);1-2H3.